The van der Waals surface area contributed by atoms with Gasteiger partial charge in [0.25, 0.3) is 0 Å². The molecule has 0 spiro atoms. The summed E-state index contributed by atoms with van der Waals surface area (Å²) in [4.78, 5) is 31.8. The number of hydrogen-bond acceptors (Lipinski definition) is 8. The number of aliphatic carboxylic acids is 1. The number of ether oxygens (including phenoxy) is 1. The number of benzene rings is 1. The molecular formula is C30H38N4O6S. The van der Waals surface area contributed by atoms with Crippen molar-refractivity contribution in [2.75, 3.05) is 11.4 Å². The van der Waals surface area contributed by atoms with Crippen LogP contribution in [0.25, 0.3) is 0 Å². The van der Waals surface area contributed by atoms with Crippen molar-refractivity contribution in [3.8, 4) is 0 Å². The molecule has 0 radical (unpaired) electrons. The number of amides is 1. The lowest BCUT2D eigenvalue weighted by atomic mass is 9.82. The van der Waals surface area contributed by atoms with E-state index in [1.165, 1.54) is 30.5 Å². The molecule has 3 N–H and O–H groups in total. The number of rotatable bonds is 10. The van der Waals surface area contributed by atoms with E-state index < -0.39 is 38.9 Å². The van der Waals surface area contributed by atoms with Gasteiger partial charge in [-0.25, -0.2) is 23.2 Å². The molecule has 1 unspecified atom stereocenters. The number of carbonyl (C=O) groups excluding carboxylic acids is 1. The van der Waals surface area contributed by atoms with Gasteiger partial charge in [0.05, 0.1) is 5.69 Å². The van der Waals surface area contributed by atoms with Crippen molar-refractivity contribution >= 4 is 27.7 Å². The van der Waals surface area contributed by atoms with Crippen LogP contribution in [0.5, 0.6) is 0 Å². The minimum atomic E-state index is -4.36. The molecule has 3 rings (SSSR count). The fourth-order valence-electron chi connectivity index (χ4n) is 4.10. The minimum absolute atomic E-state index is 0.0660. The summed E-state index contributed by atoms with van der Waals surface area (Å²) in [6.07, 6.45) is 1.16. The topological polar surface area (TPSA) is 153 Å². The zero-order chi connectivity index (χ0) is 30.6. The van der Waals surface area contributed by atoms with Gasteiger partial charge in [-0.2, -0.15) is 0 Å². The summed E-state index contributed by atoms with van der Waals surface area (Å²) < 4.78 is 33.6. The maximum atomic E-state index is 14.1. The van der Waals surface area contributed by atoms with E-state index in [0.717, 1.165) is 16.9 Å². The highest BCUT2D eigenvalue weighted by Crippen LogP contribution is 2.35. The Labute approximate surface area is 241 Å². The summed E-state index contributed by atoms with van der Waals surface area (Å²) in [5, 5.41) is 9.24. The molecule has 0 aliphatic carbocycles. The SMILES string of the molecule is CCC(C)(C)c1ccc(CC(N)(c2cccc(N(CC(=O)O)C(=O)OC(C)(C)C)n2)S(=O)(=O)c2ccccn2)cc1. The van der Waals surface area contributed by atoms with E-state index in [4.69, 9.17) is 10.5 Å². The van der Waals surface area contributed by atoms with E-state index in [-0.39, 0.29) is 28.4 Å². The molecule has 10 nitrogen and oxygen atoms in total. The third kappa shape index (κ3) is 7.28. The number of pyridine rings is 2. The molecule has 3 aromatic rings. The molecule has 2 aromatic heterocycles. The van der Waals surface area contributed by atoms with Crippen LogP contribution in [-0.2, 0) is 36.1 Å². The summed E-state index contributed by atoms with van der Waals surface area (Å²) in [7, 11) is -4.36. The molecule has 1 atom stereocenters. The number of carbonyl (C=O) groups is 2. The first-order valence-corrected chi connectivity index (χ1v) is 14.7. The van der Waals surface area contributed by atoms with Gasteiger partial charge in [0.1, 0.15) is 18.0 Å². The zero-order valence-corrected chi connectivity index (χ0v) is 25.1. The van der Waals surface area contributed by atoms with Crippen molar-refractivity contribution in [3.63, 3.8) is 0 Å². The highest BCUT2D eigenvalue weighted by atomic mass is 32.2. The second-order valence-electron chi connectivity index (χ2n) is 11.5. The Morgan fingerprint density at radius 2 is 1.63 bits per heavy atom. The second-order valence-corrected chi connectivity index (χ2v) is 13.7. The Balaban J connectivity index is 2.16. The third-order valence-corrected chi connectivity index (χ3v) is 8.94. The largest absolute Gasteiger partial charge is 0.480 e. The van der Waals surface area contributed by atoms with Crippen molar-refractivity contribution in [3.05, 3.63) is 83.7 Å². The van der Waals surface area contributed by atoms with Crippen molar-refractivity contribution in [2.45, 2.75) is 75.3 Å². The average Bonchev–Trinajstić information content (AvgIpc) is 2.91. The molecule has 0 aliphatic rings. The van der Waals surface area contributed by atoms with Gasteiger partial charge < -0.3 is 15.6 Å². The summed E-state index contributed by atoms with van der Waals surface area (Å²) in [6, 6.07) is 16.4. The molecular weight excluding hydrogens is 544 g/mol. The highest BCUT2D eigenvalue weighted by molar-refractivity contribution is 7.92. The predicted octanol–water partition coefficient (Wildman–Crippen LogP) is 4.82. The van der Waals surface area contributed by atoms with Crippen LogP contribution < -0.4 is 10.6 Å². The molecule has 2 heterocycles. The van der Waals surface area contributed by atoms with Gasteiger partial charge >= 0.3 is 12.1 Å². The molecule has 220 valence electrons. The normalized spacial score (nSPS) is 13.7. The van der Waals surface area contributed by atoms with Crippen LogP contribution >= 0.6 is 0 Å². The maximum Gasteiger partial charge on any atom is 0.416 e. The molecule has 0 saturated heterocycles. The van der Waals surface area contributed by atoms with Gasteiger partial charge in [0.15, 0.2) is 9.90 Å². The second kappa shape index (κ2) is 12.0. The fraction of sp³-hybridized carbons (Fsp3) is 0.400. The van der Waals surface area contributed by atoms with E-state index in [9.17, 15) is 23.1 Å². The van der Waals surface area contributed by atoms with Gasteiger partial charge in [-0.1, -0.05) is 57.2 Å². The molecule has 1 aromatic carbocycles. The quantitative estimate of drug-likeness (QED) is 0.343. The van der Waals surface area contributed by atoms with Crippen molar-refractivity contribution < 1.29 is 27.9 Å². The van der Waals surface area contributed by atoms with Crippen molar-refractivity contribution in [1.82, 2.24) is 9.97 Å². The number of sulfone groups is 1. The monoisotopic (exact) mass is 582 g/mol. The Morgan fingerprint density at radius 1 is 0.976 bits per heavy atom. The summed E-state index contributed by atoms with van der Waals surface area (Å²) >= 11 is 0. The average molecular weight is 583 g/mol. The van der Waals surface area contributed by atoms with E-state index in [1.54, 1.807) is 32.9 Å². The Morgan fingerprint density at radius 3 is 2.17 bits per heavy atom. The highest BCUT2D eigenvalue weighted by Gasteiger charge is 2.45. The first-order chi connectivity index (χ1) is 19.0. The van der Waals surface area contributed by atoms with Crippen LogP contribution in [0, 0.1) is 0 Å². The van der Waals surface area contributed by atoms with Crippen molar-refractivity contribution in [1.29, 1.82) is 0 Å². The maximum absolute atomic E-state index is 14.1. The molecule has 41 heavy (non-hydrogen) atoms. The van der Waals surface area contributed by atoms with Gasteiger partial charge in [0, 0.05) is 12.6 Å². The summed E-state index contributed by atoms with van der Waals surface area (Å²) in [6.45, 7) is 10.5. The molecule has 0 bridgehead atoms. The Kier molecular flexibility index (Phi) is 9.24. The molecule has 1 amide bonds. The number of aromatic nitrogens is 2. The number of carboxylic acids is 1. The van der Waals surface area contributed by atoms with E-state index in [0.29, 0.717) is 5.56 Å². The lowest BCUT2D eigenvalue weighted by molar-refractivity contribution is -0.135. The summed E-state index contributed by atoms with van der Waals surface area (Å²) in [5.74, 6) is -1.43. The number of nitrogens with two attached hydrogens (primary N) is 1. The van der Waals surface area contributed by atoms with Crippen molar-refractivity contribution in [2.24, 2.45) is 5.73 Å². The Hall–Kier alpha value is -3.83. The fourth-order valence-corrected chi connectivity index (χ4v) is 5.67. The molecule has 11 heteroatoms. The van der Waals surface area contributed by atoms with Crippen LogP contribution in [-0.4, -0.2) is 47.7 Å². The van der Waals surface area contributed by atoms with E-state index in [1.807, 2.05) is 24.3 Å². The number of nitrogens with zero attached hydrogens (tertiary/aromatic N) is 3. The molecule has 0 fully saturated rings. The van der Waals surface area contributed by atoms with Crippen LogP contribution in [0.3, 0.4) is 0 Å². The standard InChI is InChI=1S/C30H38N4O6S/c1-7-29(5,6)22-16-14-21(15-17-22)19-30(31,41(38,39)25-13-8-9-18-32-25)23-11-10-12-24(33-23)34(20-26(35)36)27(37)40-28(2,3)4/h8-18H,7,19-20,31H2,1-6H3,(H,35,36). The lowest BCUT2D eigenvalue weighted by Gasteiger charge is -2.31. The van der Waals surface area contributed by atoms with Crippen LogP contribution in [0.1, 0.15) is 64.8 Å². The summed E-state index contributed by atoms with van der Waals surface area (Å²) in [5.41, 5.74) is 7.49. The Bertz CT molecular complexity index is 1490. The van der Waals surface area contributed by atoms with E-state index >= 15 is 0 Å². The van der Waals surface area contributed by atoms with Gasteiger partial charge in [0.2, 0.25) is 9.84 Å². The number of hydrogen-bond donors (Lipinski definition) is 2. The van der Waals surface area contributed by atoms with E-state index in [2.05, 4.69) is 30.7 Å². The van der Waals surface area contributed by atoms with Crippen LogP contribution in [0.4, 0.5) is 10.6 Å². The van der Waals surface area contributed by atoms with Crippen LogP contribution in [0.2, 0.25) is 0 Å². The lowest BCUT2D eigenvalue weighted by Crippen LogP contribution is -2.48. The minimum Gasteiger partial charge on any atom is -0.480 e. The molecule has 0 saturated carbocycles. The first-order valence-electron chi connectivity index (χ1n) is 13.2. The van der Waals surface area contributed by atoms with Crippen LogP contribution in [0.15, 0.2) is 71.9 Å². The predicted molar refractivity (Wildman–Crippen MR) is 156 cm³/mol. The van der Waals surface area contributed by atoms with Gasteiger partial charge in [-0.15, -0.1) is 0 Å². The first kappa shape index (κ1) is 31.7. The van der Waals surface area contributed by atoms with Gasteiger partial charge in [-0.05, 0) is 68.0 Å². The smallest absolute Gasteiger partial charge is 0.416 e. The number of carboxylic acid groups (broad SMARTS) is 1. The number of anilines is 1. The van der Waals surface area contributed by atoms with Gasteiger partial charge in [-0.3, -0.25) is 9.69 Å². The zero-order valence-electron chi connectivity index (χ0n) is 24.3. The third-order valence-electron chi connectivity index (χ3n) is 6.83. The molecule has 0 aliphatic heterocycles.